The van der Waals surface area contributed by atoms with Crippen LogP contribution >= 0.6 is 0 Å². The number of aryl methyl sites for hydroxylation is 1. The van der Waals surface area contributed by atoms with Crippen molar-refractivity contribution in [3.8, 4) is 22.3 Å². The maximum atomic E-state index is 15.5. The van der Waals surface area contributed by atoms with Gasteiger partial charge < -0.3 is 0 Å². The summed E-state index contributed by atoms with van der Waals surface area (Å²) in [5, 5.41) is 0. The van der Waals surface area contributed by atoms with E-state index in [-0.39, 0.29) is 17.0 Å². The molecule has 242 valence electrons. The first-order valence-electron chi connectivity index (χ1n) is 17.6. The third kappa shape index (κ3) is 8.10. The first kappa shape index (κ1) is 33.5. The summed E-state index contributed by atoms with van der Waals surface area (Å²) in [5.74, 6) is -0.982. The van der Waals surface area contributed by atoms with Gasteiger partial charge in [-0.25, -0.2) is 17.6 Å². The van der Waals surface area contributed by atoms with E-state index in [1.54, 1.807) is 48.5 Å². The first-order chi connectivity index (χ1) is 21.9. The van der Waals surface area contributed by atoms with Gasteiger partial charge in [-0.05, 0) is 117 Å². The Morgan fingerprint density at radius 3 is 1.71 bits per heavy atom. The highest BCUT2D eigenvalue weighted by molar-refractivity contribution is 5.71. The number of hydrogen-bond acceptors (Lipinski definition) is 0. The summed E-state index contributed by atoms with van der Waals surface area (Å²) in [6.45, 7) is 4.27. The van der Waals surface area contributed by atoms with Crippen LogP contribution in [0, 0.1) is 41.0 Å². The molecule has 0 spiro atoms. The summed E-state index contributed by atoms with van der Waals surface area (Å²) in [4.78, 5) is 0. The van der Waals surface area contributed by atoms with E-state index in [0.717, 1.165) is 56.8 Å². The van der Waals surface area contributed by atoms with Crippen molar-refractivity contribution in [1.29, 1.82) is 0 Å². The van der Waals surface area contributed by atoms with Crippen LogP contribution in [0.2, 0.25) is 0 Å². The van der Waals surface area contributed by atoms with Gasteiger partial charge in [0.05, 0.1) is 0 Å². The maximum absolute atomic E-state index is 15.5. The van der Waals surface area contributed by atoms with E-state index in [0.29, 0.717) is 34.6 Å². The van der Waals surface area contributed by atoms with Crippen molar-refractivity contribution >= 4 is 0 Å². The zero-order valence-corrected chi connectivity index (χ0v) is 27.2. The molecule has 0 N–H and O–H groups in total. The number of halogens is 4. The summed E-state index contributed by atoms with van der Waals surface area (Å²) in [6, 6.07) is 13.3. The van der Waals surface area contributed by atoms with E-state index in [9.17, 15) is 4.39 Å². The van der Waals surface area contributed by atoms with Gasteiger partial charge in [-0.15, -0.1) is 0 Å². The van der Waals surface area contributed by atoms with Gasteiger partial charge in [-0.2, -0.15) is 0 Å². The highest BCUT2D eigenvalue weighted by Gasteiger charge is 2.32. The Bertz CT molecular complexity index is 1410. The molecule has 3 aromatic carbocycles. The van der Waals surface area contributed by atoms with E-state index >= 15 is 13.2 Å². The van der Waals surface area contributed by atoms with Crippen molar-refractivity contribution in [2.45, 2.75) is 116 Å². The molecule has 2 aliphatic carbocycles. The van der Waals surface area contributed by atoms with E-state index in [2.05, 4.69) is 26.0 Å². The molecule has 3 aromatic rings. The quantitative estimate of drug-likeness (QED) is 0.108. The predicted octanol–water partition coefficient (Wildman–Crippen LogP) is 13.1. The number of rotatable bonds is 12. The van der Waals surface area contributed by atoms with Gasteiger partial charge in [0.1, 0.15) is 0 Å². The summed E-state index contributed by atoms with van der Waals surface area (Å²) in [5.41, 5.74) is 2.28. The topological polar surface area (TPSA) is 0 Å². The molecule has 0 unspecified atom stereocenters. The van der Waals surface area contributed by atoms with Crippen LogP contribution in [0.4, 0.5) is 17.6 Å². The Balaban J connectivity index is 1.20. The molecule has 0 radical (unpaired) electrons. The second-order valence-electron chi connectivity index (χ2n) is 13.6. The van der Waals surface area contributed by atoms with Crippen molar-refractivity contribution in [2.24, 2.45) is 17.8 Å². The molecule has 45 heavy (non-hydrogen) atoms. The fourth-order valence-corrected chi connectivity index (χ4v) is 8.02. The van der Waals surface area contributed by atoms with Crippen molar-refractivity contribution < 1.29 is 17.6 Å². The van der Waals surface area contributed by atoms with Gasteiger partial charge in [0.15, 0.2) is 23.3 Å². The Labute approximate surface area is 268 Å². The predicted molar refractivity (Wildman–Crippen MR) is 179 cm³/mol. The largest absolute Gasteiger partial charge is 0.203 e. The first-order valence-corrected chi connectivity index (χ1v) is 17.6. The maximum Gasteiger partial charge on any atom is 0.166 e. The molecule has 2 saturated carbocycles. The normalized spacial score (nSPS) is 22.3. The second-order valence-corrected chi connectivity index (χ2v) is 13.6. The molecule has 0 heterocycles. The third-order valence-corrected chi connectivity index (χ3v) is 10.7. The van der Waals surface area contributed by atoms with Gasteiger partial charge in [0.25, 0.3) is 0 Å². The standard InChI is InChI=1S/C41H50F4/c1-3-5-6-7-8-9-11-34-24-25-35(39(43)38(34)42)32-20-22-33(23-21-32)37-27-26-36(40(44)41(37)45)31-18-16-30(17-19-31)29-14-12-28(10-4-2)13-15-29/h4,10,20-31H,3,5-9,11-19H2,1-2H3. The summed E-state index contributed by atoms with van der Waals surface area (Å²) in [7, 11) is 0. The SMILES string of the molecule is CC=CC1CCC(C2CCC(c3ccc(-c4ccc(-c5ccc(CCCCCCCC)c(F)c5F)cc4)c(F)c3F)CC2)CC1. The Morgan fingerprint density at radius 1 is 0.578 bits per heavy atom. The van der Waals surface area contributed by atoms with E-state index in [1.807, 2.05) is 0 Å². The molecule has 2 fully saturated rings. The minimum atomic E-state index is -0.858. The van der Waals surface area contributed by atoms with E-state index < -0.39 is 23.3 Å². The molecule has 2 aliphatic rings. The molecular weight excluding hydrogens is 568 g/mol. The lowest BCUT2D eigenvalue weighted by atomic mass is 9.68. The fourth-order valence-electron chi connectivity index (χ4n) is 8.02. The molecular formula is C41H50F4. The van der Waals surface area contributed by atoms with Crippen LogP contribution < -0.4 is 0 Å². The number of allylic oxidation sites excluding steroid dienone is 2. The second kappa shape index (κ2) is 16.1. The van der Waals surface area contributed by atoms with Gasteiger partial charge in [0, 0.05) is 11.1 Å². The van der Waals surface area contributed by atoms with Crippen molar-refractivity contribution in [3.05, 3.63) is 95.1 Å². The Hall–Kier alpha value is -2.88. The molecule has 0 amide bonds. The lowest BCUT2D eigenvalue weighted by Crippen LogP contribution is -2.25. The van der Waals surface area contributed by atoms with Gasteiger partial charge in [-0.3, -0.25) is 0 Å². The molecule has 0 atom stereocenters. The highest BCUT2D eigenvalue weighted by atomic mass is 19.2. The zero-order valence-electron chi connectivity index (χ0n) is 27.2. The summed E-state index contributed by atoms with van der Waals surface area (Å²) < 4.78 is 60.9. The van der Waals surface area contributed by atoms with Crippen LogP contribution in [-0.2, 0) is 6.42 Å². The number of unbranched alkanes of at least 4 members (excludes halogenated alkanes) is 5. The molecule has 0 bridgehead atoms. The van der Waals surface area contributed by atoms with E-state index in [1.165, 1.54) is 44.9 Å². The van der Waals surface area contributed by atoms with Crippen LogP contribution in [0.3, 0.4) is 0 Å². The van der Waals surface area contributed by atoms with E-state index in [4.69, 9.17) is 0 Å². The minimum Gasteiger partial charge on any atom is -0.203 e. The zero-order chi connectivity index (χ0) is 31.8. The van der Waals surface area contributed by atoms with Crippen LogP contribution in [0.15, 0.2) is 60.7 Å². The van der Waals surface area contributed by atoms with Crippen LogP contribution in [0.1, 0.15) is 121 Å². The smallest absolute Gasteiger partial charge is 0.166 e. The average molecular weight is 619 g/mol. The number of hydrogen-bond donors (Lipinski definition) is 0. The average Bonchev–Trinajstić information content (AvgIpc) is 3.07. The Kier molecular flexibility index (Phi) is 12.0. The van der Waals surface area contributed by atoms with Gasteiger partial charge >= 0.3 is 0 Å². The molecule has 0 nitrogen and oxygen atoms in total. The lowest BCUT2D eigenvalue weighted by Gasteiger charge is -2.37. The Morgan fingerprint density at radius 2 is 1.11 bits per heavy atom. The number of benzene rings is 3. The lowest BCUT2D eigenvalue weighted by molar-refractivity contribution is 0.170. The van der Waals surface area contributed by atoms with Gasteiger partial charge in [0.2, 0.25) is 0 Å². The van der Waals surface area contributed by atoms with Gasteiger partial charge in [-0.1, -0.05) is 99.7 Å². The molecule has 0 aliphatic heterocycles. The summed E-state index contributed by atoms with van der Waals surface area (Å²) in [6.07, 6.45) is 20.7. The molecule has 5 rings (SSSR count). The van der Waals surface area contributed by atoms with Crippen LogP contribution in [-0.4, -0.2) is 0 Å². The summed E-state index contributed by atoms with van der Waals surface area (Å²) >= 11 is 0. The fraction of sp³-hybridized carbons (Fsp3) is 0.512. The monoisotopic (exact) mass is 618 g/mol. The van der Waals surface area contributed by atoms with Crippen molar-refractivity contribution in [3.63, 3.8) is 0 Å². The minimum absolute atomic E-state index is 0.0495. The molecule has 0 saturated heterocycles. The van der Waals surface area contributed by atoms with Crippen molar-refractivity contribution in [1.82, 2.24) is 0 Å². The van der Waals surface area contributed by atoms with Crippen molar-refractivity contribution in [2.75, 3.05) is 0 Å². The highest BCUT2D eigenvalue weighted by Crippen LogP contribution is 2.45. The molecule has 0 aromatic heterocycles. The molecule has 4 heteroatoms. The third-order valence-electron chi connectivity index (χ3n) is 10.7. The van der Waals surface area contributed by atoms with Crippen LogP contribution in [0.5, 0.6) is 0 Å². The van der Waals surface area contributed by atoms with Crippen LogP contribution in [0.25, 0.3) is 22.3 Å².